The highest BCUT2D eigenvalue weighted by Gasteiger charge is 2.11. The Balaban J connectivity index is 2.03. The number of aromatic nitrogens is 2. The SMILES string of the molecule is Cc1snnc1C(=O)N/N=C/c1ccccc1F. The number of carbonyl (C=O) groups is 1. The molecule has 0 aliphatic rings. The summed E-state index contributed by atoms with van der Waals surface area (Å²) >= 11 is 1.13. The first-order chi connectivity index (χ1) is 8.68. The van der Waals surface area contributed by atoms with Crippen LogP contribution in [0.5, 0.6) is 0 Å². The van der Waals surface area contributed by atoms with Gasteiger partial charge in [0.25, 0.3) is 5.91 Å². The number of aryl methyl sites for hydroxylation is 1. The first kappa shape index (κ1) is 12.3. The molecule has 0 atom stereocenters. The van der Waals surface area contributed by atoms with Gasteiger partial charge in [-0.2, -0.15) is 5.10 Å². The van der Waals surface area contributed by atoms with Crippen molar-refractivity contribution >= 4 is 23.7 Å². The maximum atomic E-state index is 13.2. The van der Waals surface area contributed by atoms with Crippen molar-refractivity contribution in [2.75, 3.05) is 0 Å². The second kappa shape index (κ2) is 5.46. The minimum atomic E-state index is -0.464. The van der Waals surface area contributed by atoms with Crippen LogP contribution in [-0.4, -0.2) is 21.7 Å². The molecule has 5 nitrogen and oxygen atoms in total. The van der Waals surface area contributed by atoms with Crippen molar-refractivity contribution in [1.29, 1.82) is 0 Å². The van der Waals surface area contributed by atoms with Crippen LogP contribution >= 0.6 is 11.5 Å². The first-order valence-electron chi connectivity index (χ1n) is 5.05. The molecule has 18 heavy (non-hydrogen) atoms. The molecule has 0 fully saturated rings. The molecular formula is C11H9FN4OS. The number of benzene rings is 1. The van der Waals surface area contributed by atoms with Crippen LogP contribution in [0.4, 0.5) is 4.39 Å². The molecule has 1 aromatic carbocycles. The maximum Gasteiger partial charge on any atom is 0.293 e. The van der Waals surface area contributed by atoms with Crippen molar-refractivity contribution in [2.24, 2.45) is 5.10 Å². The number of nitrogens with zero attached hydrogens (tertiary/aromatic N) is 3. The molecule has 92 valence electrons. The van der Waals surface area contributed by atoms with E-state index in [1.54, 1.807) is 25.1 Å². The van der Waals surface area contributed by atoms with Gasteiger partial charge in [-0.05, 0) is 24.5 Å². The second-order valence-corrected chi connectivity index (χ2v) is 4.36. The fourth-order valence-corrected chi connectivity index (χ4v) is 1.70. The van der Waals surface area contributed by atoms with Gasteiger partial charge in [-0.3, -0.25) is 4.79 Å². The Hall–Kier alpha value is -2.15. The zero-order chi connectivity index (χ0) is 13.0. The average Bonchev–Trinajstić information content (AvgIpc) is 2.78. The summed E-state index contributed by atoms with van der Waals surface area (Å²) in [6.45, 7) is 1.74. The van der Waals surface area contributed by atoms with Gasteiger partial charge in [-0.1, -0.05) is 22.7 Å². The van der Waals surface area contributed by atoms with E-state index in [-0.39, 0.29) is 5.69 Å². The lowest BCUT2D eigenvalue weighted by Gasteiger charge is -1.97. The van der Waals surface area contributed by atoms with E-state index in [1.165, 1.54) is 12.3 Å². The standard InChI is InChI=1S/C11H9FN4OS/c1-7-10(14-16-18-7)11(17)15-13-6-8-4-2-3-5-9(8)12/h2-6H,1H3,(H,15,17)/b13-6+. The molecule has 0 saturated carbocycles. The van der Waals surface area contributed by atoms with Gasteiger partial charge in [0.05, 0.1) is 11.1 Å². The molecule has 7 heteroatoms. The first-order valence-corrected chi connectivity index (χ1v) is 5.82. The van der Waals surface area contributed by atoms with Gasteiger partial charge in [0.1, 0.15) is 5.82 Å². The Labute approximate surface area is 107 Å². The smallest absolute Gasteiger partial charge is 0.265 e. The minimum absolute atomic E-state index is 0.227. The summed E-state index contributed by atoms with van der Waals surface area (Å²) in [6, 6.07) is 6.13. The summed E-state index contributed by atoms with van der Waals surface area (Å²) in [5, 5.41) is 7.34. The Bertz CT molecular complexity index is 596. The number of hydrogen-bond donors (Lipinski definition) is 1. The van der Waals surface area contributed by atoms with Gasteiger partial charge in [0, 0.05) is 5.56 Å². The van der Waals surface area contributed by atoms with E-state index in [2.05, 4.69) is 20.1 Å². The van der Waals surface area contributed by atoms with E-state index in [1.807, 2.05) is 0 Å². The number of hydrazone groups is 1. The summed E-state index contributed by atoms with van der Waals surface area (Å²) in [7, 11) is 0. The van der Waals surface area contributed by atoms with E-state index in [0.717, 1.165) is 11.5 Å². The van der Waals surface area contributed by atoms with Crippen LogP contribution in [0, 0.1) is 12.7 Å². The Morgan fingerprint density at radius 3 is 2.94 bits per heavy atom. The lowest BCUT2D eigenvalue weighted by molar-refractivity contribution is 0.0949. The zero-order valence-corrected chi connectivity index (χ0v) is 10.2. The monoisotopic (exact) mass is 264 g/mol. The molecule has 0 saturated heterocycles. The number of nitrogens with one attached hydrogen (secondary N) is 1. The van der Waals surface area contributed by atoms with E-state index in [4.69, 9.17) is 0 Å². The summed E-state index contributed by atoms with van der Waals surface area (Å²) in [6.07, 6.45) is 1.24. The predicted molar refractivity (Wildman–Crippen MR) is 66.1 cm³/mol. The van der Waals surface area contributed by atoms with Crippen LogP contribution in [-0.2, 0) is 0 Å². The van der Waals surface area contributed by atoms with Crippen LogP contribution in [0.25, 0.3) is 0 Å². The van der Waals surface area contributed by atoms with Crippen molar-refractivity contribution in [1.82, 2.24) is 15.0 Å². The van der Waals surface area contributed by atoms with Gasteiger partial charge in [0.15, 0.2) is 5.69 Å². The molecule has 0 aliphatic heterocycles. The number of rotatable bonds is 3. The third-order valence-corrected chi connectivity index (χ3v) is 2.77. The normalized spacial score (nSPS) is 10.8. The molecule has 0 aliphatic carbocycles. The fraction of sp³-hybridized carbons (Fsp3) is 0.0909. The third-order valence-electron chi connectivity index (χ3n) is 2.14. The van der Waals surface area contributed by atoms with Crippen molar-refractivity contribution in [2.45, 2.75) is 6.92 Å². The lowest BCUT2D eigenvalue weighted by Crippen LogP contribution is -2.19. The summed E-state index contributed by atoms with van der Waals surface area (Å²) in [5.41, 5.74) is 2.79. The Morgan fingerprint density at radius 1 is 1.50 bits per heavy atom. The molecule has 0 bridgehead atoms. The molecular weight excluding hydrogens is 255 g/mol. The molecule has 1 aromatic heterocycles. The molecule has 1 N–H and O–H groups in total. The van der Waals surface area contributed by atoms with Gasteiger partial charge < -0.3 is 0 Å². The van der Waals surface area contributed by atoms with Crippen molar-refractivity contribution in [3.63, 3.8) is 0 Å². The van der Waals surface area contributed by atoms with Gasteiger partial charge in [-0.15, -0.1) is 5.10 Å². The number of carbonyl (C=O) groups excluding carboxylic acids is 1. The Kier molecular flexibility index (Phi) is 3.73. The van der Waals surface area contributed by atoms with Crippen LogP contribution in [0.3, 0.4) is 0 Å². The molecule has 1 amide bonds. The predicted octanol–water partition coefficient (Wildman–Crippen LogP) is 1.75. The number of halogens is 1. The fourth-order valence-electron chi connectivity index (χ4n) is 1.23. The average molecular weight is 264 g/mol. The van der Waals surface area contributed by atoms with Crippen molar-refractivity contribution < 1.29 is 9.18 Å². The second-order valence-electron chi connectivity index (χ2n) is 3.40. The highest BCUT2D eigenvalue weighted by atomic mass is 32.1. The van der Waals surface area contributed by atoms with Crippen LogP contribution in [0.1, 0.15) is 20.9 Å². The maximum absolute atomic E-state index is 13.2. The Morgan fingerprint density at radius 2 is 2.28 bits per heavy atom. The molecule has 2 rings (SSSR count). The molecule has 0 spiro atoms. The molecule has 1 heterocycles. The van der Waals surface area contributed by atoms with Gasteiger partial charge in [0.2, 0.25) is 0 Å². The van der Waals surface area contributed by atoms with Crippen molar-refractivity contribution in [3.05, 3.63) is 46.2 Å². The number of hydrogen-bond acceptors (Lipinski definition) is 5. The lowest BCUT2D eigenvalue weighted by atomic mass is 10.2. The third kappa shape index (κ3) is 2.75. The quantitative estimate of drug-likeness (QED) is 0.678. The largest absolute Gasteiger partial charge is 0.293 e. The molecule has 0 unspecified atom stereocenters. The van der Waals surface area contributed by atoms with E-state index in [9.17, 15) is 9.18 Å². The summed E-state index contributed by atoms with van der Waals surface area (Å²) < 4.78 is 16.9. The van der Waals surface area contributed by atoms with Crippen LogP contribution in [0.15, 0.2) is 29.4 Å². The van der Waals surface area contributed by atoms with Crippen LogP contribution < -0.4 is 5.43 Å². The molecule has 2 aromatic rings. The van der Waals surface area contributed by atoms with Crippen LogP contribution in [0.2, 0.25) is 0 Å². The van der Waals surface area contributed by atoms with Gasteiger partial charge >= 0.3 is 0 Å². The topological polar surface area (TPSA) is 67.2 Å². The zero-order valence-electron chi connectivity index (χ0n) is 9.42. The van der Waals surface area contributed by atoms with Gasteiger partial charge in [-0.25, -0.2) is 9.82 Å². The van der Waals surface area contributed by atoms with E-state index in [0.29, 0.717) is 10.4 Å². The van der Waals surface area contributed by atoms with Crippen molar-refractivity contribution in [3.8, 4) is 0 Å². The van der Waals surface area contributed by atoms with E-state index < -0.39 is 11.7 Å². The minimum Gasteiger partial charge on any atom is -0.265 e. The summed E-state index contributed by atoms with van der Waals surface area (Å²) in [4.78, 5) is 12.3. The highest BCUT2D eigenvalue weighted by molar-refractivity contribution is 7.05. The number of amides is 1. The molecule has 0 radical (unpaired) electrons. The van der Waals surface area contributed by atoms with E-state index >= 15 is 0 Å². The highest BCUT2D eigenvalue weighted by Crippen LogP contribution is 2.07. The summed E-state index contributed by atoms with van der Waals surface area (Å²) in [5.74, 6) is -0.865.